The molecule has 1 N–H and O–H groups in total. The first kappa shape index (κ1) is 10.2. The fourth-order valence-electron chi connectivity index (χ4n) is 2.24. The van der Waals surface area contributed by atoms with E-state index in [1.54, 1.807) is 0 Å². The lowest BCUT2D eigenvalue weighted by Crippen LogP contribution is -2.13. The van der Waals surface area contributed by atoms with Crippen molar-refractivity contribution in [3.8, 4) is 0 Å². The third-order valence-corrected chi connectivity index (χ3v) is 3.15. The summed E-state index contributed by atoms with van der Waals surface area (Å²) in [7, 11) is 0. The molecule has 0 spiro atoms. The summed E-state index contributed by atoms with van der Waals surface area (Å²) in [6, 6.07) is 19.1. The second-order valence-electron chi connectivity index (χ2n) is 4.30. The van der Waals surface area contributed by atoms with Gasteiger partial charge < -0.3 is 5.32 Å². The minimum Gasteiger partial charge on any atom is -0.384 e. The van der Waals surface area contributed by atoms with Gasteiger partial charge in [0.25, 0.3) is 0 Å². The van der Waals surface area contributed by atoms with Crippen molar-refractivity contribution in [2.24, 2.45) is 0 Å². The second-order valence-corrected chi connectivity index (χ2v) is 4.30. The first-order valence-corrected chi connectivity index (χ1v) is 6.02. The van der Waals surface area contributed by atoms with Gasteiger partial charge in [0.1, 0.15) is 0 Å². The molecule has 1 aliphatic heterocycles. The standard InChI is InChI=1S/C16H15N/c1-2-7-14(8-3-1)16-12-15-9-5-4-6-13(15)10-11-17-16/h1-9,12,17H,10-11H2. The first-order valence-electron chi connectivity index (χ1n) is 6.02. The van der Waals surface area contributed by atoms with Crippen LogP contribution in [-0.2, 0) is 6.42 Å². The zero-order chi connectivity index (χ0) is 11.5. The highest BCUT2D eigenvalue weighted by atomic mass is 14.9. The van der Waals surface area contributed by atoms with Gasteiger partial charge in [0.15, 0.2) is 0 Å². The van der Waals surface area contributed by atoms with Gasteiger partial charge in [-0.2, -0.15) is 0 Å². The fraction of sp³-hybridized carbons (Fsp3) is 0.125. The van der Waals surface area contributed by atoms with Crippen molar-refractivity contribution < 1.29 is 0 Å². The Hall–Kier alpha value is -2.02. The van der Waals surface area contributed by atoms with Crippen molar-refractivity contribution in [1.29, 1.82) is 0 Å². The van der Waals surface area contributed by atoms with Crippen LogP contribution < -0.4 is 5.32 Å². The van der Waals surface area contributed by atoms with E-state index in [1.807, 2.05) is 0 Å². The van der Waals surface area contributed by atoms with Gasteiger partial charge in [-0.1, -0.05) is 54.6 Å². The zero-order valence-corrected chi connectivity index (χ0v) is 9.69. The van der Waals surface area contributed by atoms with Crippen molar-refractivity contribution in [1.82, 2.24) is 5.32 Å². The maximum atomic E-state index is 3.51. The molecule has 0 bridgehead atoms. The molecule has 1 aliphatic rings. The quantitative estimate of drug-likeness (QED) is 0.779. The Morgan fingerprint density at radius 2 is 1.59 bits per heavy atom. The summed E-state index contributed by atoms with van der Waals surface area (Å²) in [6.07, 6.45) is 3.33. The van der Waals surface area contributed by atoms with Crippen LogP contribution in [0.2, 0.25) is 0 Å². The number of hydrogen-bond donors (Lipinski definition) is 1. The normalized spacial score (nSPS) is 14.2. The Morgan fingerprint density at radius 3 is 2.47 bits per heavy atom. The van der Waals surface area contributed by atoms with Crippen molar-refractivity contribution in [3.63, 3.8) is 0 Å². The summed E-state index contributed by atoms with van der Waals surface area (Å²) in [4.78, 5) is 0. The minimum atomic E-state index is 0.998. The number of rotatable bonds is 1. The molecule has 0 saturated heterocycles. The van der Waals surface area contributed by atoms with Gasteiger partial charge in [-0.3, -0.25) is 0 Å². The third kappa shape index (κ3) is 2.09. The maximum absolute atomic E-state index is 3.51. The highest BCUT2D eigenvalue weighted by Gasteiger charge is 2.08. The van der Waals surface area contributed by atoms with Crippen molar-refractivity contribution in [2.75, 3.05) is 6.54 Å². The third-order valence-electron chi connectivity index (χ3n) is 3.15. The molecule has 84 valence electrons. The van der Waals surface area contributed by atoms with Crippen molar-refractivity contribution in [2.45, 2.75) is 6.42 Å². The molecule has 0 saturated carbocycles. The molecule has 0 amide bonds. The largest absolute Gasteiger partial charge is 0.384 e. The summed E-state index contributed by atoms with van der Waals surface area (Å²) in [5, 5.41) is 3.51. The minimum absolute atomic E-state index is 0.998. The molecule has 0 atom stereocenters. The van der Waals surface area contributed by atoms with Crippen LogP contribution in [-0.4, -0.2) is 6.54 Å². The lowest BCUT2D eigenvalue weighted by Gasteiger charge is -2.07. The zero-order valence-electron chi connectivity index (χ0n) is 9.69. The van der Waals surface area contributed by atoms with E-state index < -0.39 is 0 Å². The van der Waals surface area contributed by atoms with Crippen LogP contribution in [0, 0.1) is 0 Å². The predicted molar refractivity (Wildman–Crippen MR) is 72.5 cm³/mol. The highest BCUT2D eigenvalue weighted by Crippen LogP contribution is 2.21. The van der Waals surface area contributed by atoms with Crippen LogP contribution in [0.5, 0.6) is 0 Å². The molecular weight excluding hydrogens is 206 g/mol. The molecule has 0 radical (unpaired) electrons. The lowest BCUT2D eigenvalue weighted by atomic mass is 10.0. The Kier molecular flexibility index (Phi) is 2.66. The Labute approximate surface area is 102 Å². The van der Waals surface area contributed by atoms with Crippen molar-refractivity contribution in [3.05, 3.63) is 71.3 Å². The molecule has 2 aromatic carbocycles. The Morgan fingerprint density at radius 1 is 0.824 bits per heavy atom. The van der Waals surface area contributed by atoms with Gasteiger partial charge in [0, 0.05) is 12.2 Å². The molecule has 2 aromatic rings. The van der Waals surface area contributed by atoms with Crippen LogP contribution in [0.4, 0.5) is 0 Å². The van der Waals surface area contributed by atoms with Gasteiger partial charge in [-0.15, -0.1) is 0 Å². The van der Waals surface area contributed by atoms with E-state index in [9.17, 15) is 0 Å². The van der Waals surface area contributed by atoms with Crippen LogP contribution in [0.3, 0.4) is 0 Å². The van der Waals surface area contributed by atoms with E-state index >= 15 is 0 Å². The fourth-order valence-corrected chi connectivity index (χ4v) is 2.24. The van der Waals surface area contributed by atoms with E-state index in [4.69, 9.17) is 0 Å². The molecule has 0 aliphatic carbocycles. The molecule has 3 rings (SSSR count). The van der Waals surface area contributed by atoms with E-state index in [0.29, 0.717) is 0 Å². The van der Waals surface area contributed by atoms with Gasteiger partial charge in [0.05, 0.1) is 0 Å². The number of hydrogen-bond acceptors (Lipinski definition) is 1. The summed E-state index contributed by atoms with van der Waals surface area (Å²) in [5.41, 5.74) is 5.22. The second kappa shape index (κ2) is 4.46. The van der Waals surface area contributed by atoms with Crippen LogP contribution >= 0.6 is 0 Å². The molecule has 17 heavy (non-hydrogen) atoms. The van der Waals surface area contributed by atoms with E-state index in [0.717, 1.165) is 13.0 Å². The SMILES string of the molecule is C1=C(c2ccccc2)NCCc2ccccc21. The number of fused-ring (bicyclic) bond motifs is 1. The van der Waals surface area contributed by atoms with Gasteiger partial charge in [-0.05, 0) is 29.2 Å². The summed E-state index contributed by atoms with van der Waals surface area (Å²) >= 11 is 0. The molecule has 1 heteroatoms. The lowest BCUT2D eigenvalue weighted by molar-refractivity contribution is 0.857. The highest BCUT2D eigenvalue weighted by molar-refractivity contribution is 5.81. The maximum Gasteiger partial charge on any atom is 0.0420 e. The first-order chi connectivity index (χ1) is 8.43. The average molecular weight is 221 g/mol. The Bertz CT molecular complexity index is 540. The molecule has 0 unspecified atom stereocenters. The summed E-state index contributed by atoms with van der Waals surface area (Å²) in [6.45, 7) is 0.998. The van der Waals surface area contributed by atoms with Crippen LogP contribution in [0.1, 0.15) is 16.7 Å². The topological polar surface area (TPSA) is 12.0 Å². The van der Waals surface area contributed by atoms with Crippen LogP contribution in [0.25, 0.3) is 11.8 Å². The monoisotopic (exact) mass is 221 g/mol. The van der Waals surface area contributed by atoms with Gasteiger partial charge in [-0.25, -0.2) is 0 Å². The molecule has 0 aromatic heterocycles. The molecular formula is C16H15N. The molecule has 1 heterocycles. The Balaban J connectivity index is 2.05. The molecule has 0 fully saturated rings. The smallest absolute Gasteiger partial charge is 0.0420 e. The van der Waals surface area contributed by atoms with Gasteiger partial charge >= 0.3 is 0 Å². The van der Waals surface area contributed by atoms with Gasteiger partial charge in [0.2, 0.25) is 0 Å². The van der Waals surface area contributed by atoms with Crippen LogP contribution in [0.15, 0.2) is 54.6 Å². The van der Waals surface area contributed by atoms with E-state index in [2.05, 4.69) is 66.0 Å². The van der Waals surface area contributed by atoms with E-state index in [-0.39, 0.29) is 0 Å². The average Bonchev–Trinajstić information content (AvgIpc) is 2.62. The van der Waals surface area contributed by atoms with Crippen molar-refractivity contribution >= 4 is 11.8 Å². The molecule has 1 nitrogen and oxygen atoms in total. The number of benzene rings is 2. The summed E-state index contributed by atoms with van der Waals surface area (Å²) < 4.78 is 0. The predicted octanol–water partition coefficient (Wildman–Crippen LogP) is 3.33. The number of nitrogens with one attached hydrogen (secondary N) is 1. The van der Waals surface area contributed by atoms with E-state index in [1.165, 1.54) is 22.4 Å². The summed E-state index contributed by atoms with van der Waals surface area (Å²) in [5.74, 6) is 0.